The van der Waals surface area contributed by atoms with E-state index < -0.39 is 17.6 Å². The van der Waals surface area contributed by atoms with Crippen molar-refractivity contribution < 1.29 is 14.0 Å². The number of halogens is 3. The number of nitrogens with zero attached hydrogens (tertiary/aromatic N) is 1. The zero-order valence-electron chi connectivity index (χ0n) is 14.7. The number of thioether (sulfide) groups is 1. The number of imide groups is 1. The van der Waals surface area contributed by atoms with E-state index in [1.54, 1.807) is 48.5 Å². The van der Waals surface area contributed by atoms with Gasteiger partial charge in [-0.15, -0.1) is 0 Å². The Hall–Kier alpha value is -2.60. The molecule has 3 aromatic carbocycles. The molecule has 1 heterocycles. The van der Waals surface area contributed by atoms with Gasteiger partial charge in [0.25, 0.3) is 11.8 Å². The van der Waals surface area contributed by atoms with Crippen LogP contribution in [0.2, 0.25) is 10.0 Å². The summed E-state index contributed by atoms with van der Waals surface area (Å²) in [6.07, 6.45) is 0. The van der Waals surface area contributed by atoms with E-state index in [9.17, 15) is 14.0 Å². The lowest BCUT2D eigenvalue weighted by Gasteiger charge is -2.15. The molecule has 0 spiro atoms. The summed E-state index contributed by atoms with van der Waals surface area (Å²) in [5.74, 6) is -1.37. The molecule has 0 aromatic heterocycles. The zero-order valence-corrected chi connectivity index (χ0v) is 17.1. The van der Waals surface area contributed by atoms with Crippen LogP contribution < -0.4 is 4.90 Å². The van der Waals surface area contributed by atoms with Crippen LogP contribution in [0.1, 0.15) is 5.56 Å². The van der Waals surface area contributed by atoms with Crippen LogP contribution >= 0.6 is 35.0 Å². The third-order valence-electron chi connectivity index (χ3n) is 4.27. The second-order valence-corrected chi connectivity index (χ2v) is 8.15. The average molecular weight is 444 g/mol. The normalized spacial score (nSPS) is 14.1. The van der Waals surface area contributed by atoms with Gasteiger partial charge in [0, 0.05) is 14.9 Å². The van der Waals surface area contributed by atoms with Crippen molar-refractivity contribution in [3.63, 3.8) is 0 Å². The van der Waals surface area contributed by atoms with Crippen molar-refractivity contribution in [2.24, 2.45) is 0 Å². The minimum absolute atomic E-state index is 0.218. The molecule has 0 radical (unpaired) electrons. The van der Waals surface area contributed by atoms with E-state index >= 15 is 0 Å². The number of carbonyl (C=O) groups excluding carboxylic acids is 2. The Morgan fingerprint density at radius 2 is 1.48 bits per heavy atom. The summed E-state index contributed by atoms with van der Waals surface area (Å²) in [6, 6.07) is 18.9. The third kappa shape index (κ3) is 3.94. The summed E-state index contributed by atoms with van der Waals surface area (Å²) in [5, 5.41) is 0.974. The molecule has 0 fully saturated rings. The van der Waals surface area contributed by atoms with E-state index in [1.165, 1.54) is 24.3 Å². The Bertz CT molecular complexity index is 1140. The van der Waals surface area contributed by atoms with Crippen molar-refractivity contribution in [1.82, 2.24) is 0 Å². The van der Waals surface area contributed by atoms with E-state index in [0.29, 0.717) is 21.3 Å². The molecule has 0 atom stereocenters. The minimum Gasteiger partial charge on any atom is -0.268 e. The van der Waals surface area contributed by atoms with E-state index in [4.69, 9.17) is 23.2 Å². The van der Waals surface area contributed by atoms with Gasteiger partial charge in [-0.2, -0.15) is 0 Å². The predicted molar refractivity (Wildman–Crippen MR) is 115 cm³/mol. The Kier molecular flexibility index (Phi) is 5.46. The minimum atomic E-state index is -0.486. The molecule has 1 aliphatic heterocycles. The number of amides is 2. The molecule has 2 amide bonds. The maximum atomic E-state index is 13.4. The number of hydrogen-bond donors (Lipinski definition) is 0. The van der Waals surface area contributed by atoms with Crippen LogP contribution in [0.5, 0.6) is 0 Å². The Morgan fingerprint density at radius 1 is 0.793 bits per heavy atom. The summed E-state index contributed by atoms with van der Waals surface area (Å²) in [4.78, 5) is 28.6. The van der Waals surface area contributed by atoms with E-state index in [0.717, 1.165) is 21.6 Å². The quantitative estimate of drug-likeness (QED) is 0.449. The van der Waals surface area contributed by atoms with Gasteiger partial charge in [-0.1, -0.05) is 53.2 Å². The second-order valence-electron chi connectivity index (χ2n) is 6.19. The zero-order chi connectivity index (χ0) is 20.5. The highest BCUT2D eigenvalue weighted by atomic mass is 35.5. The van der Waals surface area contributed by atoms with Gasteiger partial charge in [0.2, 0.25) is 0 Å². The first-order chi connectivity index (χ1) is 13.9. The molecule has 7 heteroatoms. The lowest BCUT2D eigenvalue weighted by atomic mass is 10.1. The van der Waals surface area contributed by atoms with Gasteiger partial charge >= 0.3 is 0 Å². The topological polar surface area (TPSA) is 37.4 Å². The third-order valence-corrected chi connectivity index (χ3v) is 5.85. The summed E-state index contributed by atoms with van der Waals surface area (Å²) in [6.45, 7) is 0. The molecule has 3 nitrogen and oxygen atoms in total. The van der Waals surface area contributed by atoms with Crippen molar-refractivity contribution in [2.45, 2.75) is 4.90 Å². The molecule has 3 aromatic rings. The average Bonchev–Trinajstić information content (AvgIpc) is 2.94. The van der Waals surface area contributed by atoms with Crippen molar-refractivity contribution >= 4 is 58.0 Å². The smallest absolute Gasteiger partial charge is 0.268 e. The molecule has 1 aliphatic rings. The van der Waals surface area contributed by atoms with Gasteiger partial charge in [0.15, 0.2) is 0 Å². The van der Waals surface area contributed by atoms with Crippen LogP contribution in [0.25, 0.3) is 5.57 Å². The molecule has 29 heavy (non-hydrogen) atoms. The van der Waals surface area contributed by atoms with E-state index in [2.05, 4.69) is 0 Å². The number of carbonyl (C=O) groups is 2. The van der Waals surface area contributed by atoms with Crippen LogP contribution in [0.15, 0.2) is 82.6 Å². The van der Waals surface area contributed by atoms with Crippen molar-refractivity contribution in [3.8, 4) is 0 Å². The SMILES string of the molecule is O=C1C(Sc2ccc(Cl)cc2)=C(c2ccc(F)cc2)C(=O)N1c1cccc(Cl)c1. The van der Waals surface area contributed by atoms with Gasteiger partial charge in [-0.3, -0.25) is 9.59 Å². The fourth-order valence-electron chi connectivity index (χ4n) is 2.95. The van der Waals surface area contributed by atoms with Gasteiger partial charge in [-0.25, -0.2) is 9.29 Å². The maximum Gasteiger partial charge on any atom is 0.272 e. The number of benzene rings is 3. The summed E-state index contributed by atoms with van der Waals surface area (Å²) < 4.78 is 13.4. The molecular weight excluding hydrogens is 432 g/mol. The first kappa shape index (κ1) is 19.7. The van der Waals surface area contributed by atoms with Crippen LogP contribution in [0.4, 0.5) is 10.1 Å². The van der Waals surface area contributed by atoms with Crippen molar-refractivity contribution in [1.29, 1.82) is 0 Å². The van der Waals surface area contributed by atoms with Crippen LogP contribution in [0, 0.1) is 5.82 Å². The highest BCUT2D eigenvalue weighted by Crippen LogP contribution is 2.41. The molecule has 144 valence electrons. The molecule has 0 bridgehead atoms. The largest absolute Gasteiger partial charge is 0.272 e. The lowest BCUT2D eigenvalue weighted by molar-refractivity contribution is -0.119. The van der Waals surface area contributed by atoms with Crippen LogP contribution in [-0.4, -0.2) is 11.8 Å². The Balaban J connectivity index is 1.82. The van der Waals surface area contributed by atoms with Crippen LogP contribution in [-0.2, 0) is 9.59 Å². The highest BCUT2D eigenvalue weighted by molar-refractivity contribution is 8.04. The molecule has 0 unspecified atom stereocenters. The van der Waals surface area contributed by atoms with Crippen molar-refractivity contribution in [3.05, 3.63) is 99.1 Å². The first-order valence-electron chi connectivity index (χ1n) is 8.52. The Labute approximate surface area is 180 Å². The van der Waals surface area contributed by atoms with Crippen molar-refractivity contribution in [2.75, 3.05) is 4.90 Å². The fourth-order valence-corrected chi connectivity index (χ4v) is 4.25. The lowest BCUT2D eigenvalue weighted by Crippen LogP contribution is -2.31. The molecule has 0 saturated heterocycles. The summed E-state index contributed by atoms with van der Waals surface area (Å²) in [7, 11) is 0. The van der Waals surface area contributed by atoms with Gasteiger partial charge < -0.3 is 0 Å². The standard InChI is InChI=1S/C22H12Cl2FNO2S/c23-14-6-10-18(11-7-14)29-20-19(13-4-8-16(25)9-5-13)21(27)26(22(20)28)17-3-1-2-15(24)12-17/h1-12H. The van der Waals surface area contributed by atoms with E-state index in [1.807, 2.05) is 0 Å². The fraction of sp³-hybridized carbons (Fsp3) is 0. The molecule has 0 saturated carbocycles. The van der Waals surface area contributed by atoms with Gasteiger partial charge in [0.05, 0.1) is 16.2 Å². The molecular formula is C22H12Cl2FNO2S. The van der Waals surface area contributed by atoms with Crippen LogP contribution in [0.3, 0.4) is 0 Å². The molecule has 4 rings (SSSR count). The second kappa shape index (κ2) is 8.03. The first-order valence-corrected chi connectivity index (χ1v) is 10.1. The Morgan fingerprint density at radius 3 is 2.14 bits per heavy atom. The van der Waals surface area contributed by atoms with E-state index in [-0.39, 0.29) is 10.5 Å². The predicted octanol–water partition coefficient (Wildman–Crippen LogP) is 6.21. The summed E-state index contributed by atoms with van der Waals surface area (Å²) >= 11 is 13.2. The number of rotatable bonds is 4. The number of anilines is 1. The monoisotopic (exact) mass is 443 g/mol. The number of hydrogen-bond acceptors (Lipinski definition) is 3. The van der Waals surface area contributed by atoms with Gasteiger partial charge in [0.1, 0.15) is 5.82 Å². The van der Waals surface area contributed by atoms with Gasteiger partial charge in [-0.05, 0) is 60.2 Å². The maximum absolute atomic E-state index is 13.4. The molecule has 0 aliphatic carbocycles. The molecule has 0 N–H and O–H groups in total. The highest BCUT2D eigenvalue weighted by Gasteiger charge is 2.40. The summed E-state index contributed by atoms with van der Waals surface area (Å²) in [5.41, 5.74) is 1.06.